The molecule has 7 nitrogen and oxygen atoms in total. The normalized spacial score (nSPS) is 17.7. The molecule has 1 atom stereocenters. The Kier molecular flexibility index (Phi) is 4.40. The van der Waals surface area contributed by atoms with Crippen molar-refractivity contribution < 1.29 is 4.39 Å². The zero-order chi connectivity index (χ0) is 18.1. The molecule has 1 aliphatic heterocycles. The van der Waals surface area contributed by atoms with Crippen LogP contribution in [0.4, 0.5) is 10.1 Å². The number of rotatable bonds is 4. The Balaban J connectivity index is 1.54. The van der Waals surface area contributed by atoms with Crippen molar-refractivity contribution in [3.05, 3.63) is 54.1 Å². The van der Waals surface area contributed by atoms with Crippen LogP contribution >= 0.6 is 0 Å². The number of hydrogen-bond donors (Lipinski definition) is 0. The second kappa shape index (κ2) is 6.86. The summed E-state index contributed by atoms with van der Waals surface area (Å²) in [5.41, 5.74) is 0.612. The lowest BCUT2D eigenvalue weighted by Gasteiger charge is -2.34. The van der Waals surface area contributed by atoms with Crippen molar-refractivity contribution in [3.8, 4) is 0 Å². The van der Waals surface area contributed by atoms with E-state index in [-0.39, 0.29) is 11.7 Å². The average Bonchev–Trinajstić information content (AvgIpc) is 3.22. The highest BCUT2D eigenvalue weighted by Gasteiger charge is 2.27. The first-order valence-electron chi connectivity index (χ1n) is 8.84. The molecule has 0 aliphatic carbocycles. The van der Waals surface area contributed by atoms with E-state index in [0.717, 1.165) is 43.4 Å². The summed E-state index contributed by atoms with van der Waals surface area (Å²) in [7, 11) is 2.00. The maximum atomic E-state index is 14.1. The van der Waals surface area contributed by atoms with Gasteiger partial charge in [0.25, 0.3) is 0 Å². The van der Waals surface area contributed by atoms with Gasteiger partial charge in [0.2, 0.25) is 0 Å². The topological polar surface area (TPSA) is 64.7 Å². The summed E-state index contributed by atoms with van der Waals surface area (Å²) in [5.74, 6) is 2.76. The highest BCUT2D eigenvalue weighted by atomic mass is 19.1. The Morgan fingerprint density at radius 3 is 2.92 bits per heavy atom. The van der Waals surface area contributed by atoms with Crippen LogP contribution in [0.1, 0.15) is 36.2 Å². The number of aryl methyl sites for hydroxylation is 1. The molecule has 0 saturated carbocycles. The molecule has 1 unspecified atom stereocenters. The molecule has 8 heteroatoms. The van der Waals surface area contributed by atoms with Crippen LogP contribution in [0.25, 0.3) is 0 Å². The number of piperidine rings is 1. The molecule has 1 aliphatic rings. The third-order valence-corrected chi connectivity index (χ3v) is 5.11. The zero-order valence-corrected chi connectivity index (χ0v) is 15.0. The average molecular weight is 355 g/mol. The Morgan fingerprint density at radius 2 is 2.15 bits per heavy atom. The van der Waals surface area contributed by atoms with E-state index in [9.17, 15) is 4.39 Å². The summed E-state index contributed by atoms with van der Waals surface area (Å²) in [6.07, 6.45) is 8.66. The third kappa shape index (κ3) is 3.07. The second-order valence-electron chi connectivity index (χ2n) is 6.75. The van der Waals surface area contributed by atoms with Crippen LogP contribution in [0.5, 0.6) is 0 Å². The van der Waals surface area contributed by atoms with Gasteiger partial charge in [-0.1, -0.05) is 0 Å². The van der Waals surface area contributed by atoms with Crippen molar-refractivity contribution in [1.29, 1.82) is 0 Å². The number of hydrogen-bond acceptors (Lipinski definition) is 5. The molecule has 4 heterocycles. The summed E-state index contributed by atoms with van der Waals surface area (Å²) in [5, 5.41) is 8.83. The van der Waals surface area contributed by atoms with Gasteiger partial charge in [0.05, 0.1) is 18.4 Å². The minimum Gasteiger partial charge on any atom is -0.368 e. The quantitative estimate of drug-likeness (QED) is 0.718. The number of nitrogens with zero attached hydrogens (tertiary/aromatic N) is 7. The van der Waals surface area contributed by atoms with Crippen molar-refractivity contribution in [2.75, 3.05) is 18.0 Å². The number of aromatic nitrogens is 6. The maximum Gasteiger partial charge on any atom is 0.164 e. The summed E-state index contributed by atoms with van der Waals surface area (Å²) in [6, 6.07) is 1.74. The van der Waals surface area contributed by atoms with Gasteiger partial charge < -0.3 is 14.0 Å². The molecule has 0 amide bonds. The monoisotopic (exact) mass is 355 g/mol. The molecule has 0 aromatic carbocycles. The molecule has 1 fully saturated rings. The summed E-state index contributed by atoms with van der Waals surface area (Å²) >= 11 is 0. The molecule has 3 aromatic heterocycles. The van der Waals surface area contributed by atoms with Gasteiger partial charge >= 0.3 is 0 Å². The van der Waals surface area contributed by atoms with E-state index in [1.165, 1.54) is 6.20 Å². The Morgan fingerprint density at radius 1 is 1.27 bits per heavy atom. The molecule has 3 aromatic rings. The van der Waals surface area contributed by atoms with Gasteiger partial charge in [0.15, 0.2) is 11.6 Å². The first kappa shape index (κ1) is 16.7. The molecule has 26 heavy (non-hydrogen) atoms. The van der Waals surface area contributed by atoms with Crippen LogP contribution in [-0.2, 0) is 13.6 Å². The first-order valence-corrected chi connectivity index (χ1v) is 8.84. The van der Waals surface area contributed by atoms with Gasteiger partial charge in [-0.2, -0.15) is 0 Å². The predicted molar refractivity (Wildman–Crippen MR) is 95.5 cm³/mol. The number of anilines is 1. The van der Waals surface area contributed by atoms with E-state index in [1.807, 2.05) is 24.7 Å². The Labute approximate surface area is 151 Å². The minimum atomic E-state index is -0.276. The molecular formula is C18H22FN7. The highest BCUT2D eigenvalue weighted by molar-refractivity contribution is 5.47. The summed E-state index contributed by atoms with van der Waals surface area (Å²) in [6.45, 7) is 4.19. The van der Waals surface area contributed by atoms with E-state index in [1.54, 1.807) is 18.5 Å². The number of imidazole rings is 1. The molecule has 0 radical (unpaired) electrons. The van der Waals surface area contributed by atoms with Gasteiger partial charge in [0, 0.05) is 44.6 Å². The predicted octanol–water partition coefficient (Wildman–Crippen LogP) is 2.29. The van der Waals surface area contributed by atoms with E-state index in [2.05, 4.69) is 29.6 Å². The van der Waals surface area contributed by atoms with Gasteiger partial charge in [-0.15, -0.1) is 10.2 Å². The molecule has 1 saturated heterocycles. The third-order valence-electron chi connectivity index (χ3n) is 5.11. The molecule has 0 bridgehead atoms. The molecule has 136 valence electrons. The second-order valence-corrected chi connectivity index (χ2v) is 6.75. The number of halogens is 1. The van der Waals surface area contributed by atoms with Gasteiger partial charge in [-0.25, -0.2) is 9.37 Å². The molecule has 4 rings (SSSR count). The molecule has 0 spiro atoms. The standard InChI is InChI=1S/C18H22FN7/c1-13-21-7-9-25(13)12-17-22-23-18(24(17)2)14-4-3-8-26(11-14)16-5-6-20-10-15(16)19/h5-7,9-10,14H,3-4,8,11-12H2,1-2H3. The lowest BCUT2D eigenvalue weighted by molar-refractivity contribution is 0.472. The van der Waals surface area contributed by atoms with Crippen LogP contribution in [-0.4, -0.2) is 42.4 Å². The first-order chi connectivity index (χ1) is 12.6. The van der Waals surface area contributed by atoms with E-state index >= 15 is 0 Å². The fraction of sp³-hybridized carbons (Fsp3) is 0.444. The van der Waals surface area contributed by atoms with Crippen LogP contribution in [0.3, 0.4) is 0 Å². The lowest BCUT2D eigenvalue weighted by Crippen LogP contribution is -2.36. The van der Waals surface area contributed by atoms with Crippen molar-refractivity contribution in [2.24, 2.45) is 7.05 Å². The fourth-order valence-electron chi connectivity index (χ4n) is 3.62. The maximum absolute atomic E-state index is 14.1. The van der Waals surface area contributed by atoms with Crippen molar-refractivity contribution in [3.63, 3.8) is 0 Å². The van der Waals surface area contributed by atoms with Crippen molar-refractivity contribution in [2.45, 2.75) is 32.2 Å². The fourth-order valence-corrected chi connectivity index (χ4v) is 3.62. The van der Waals surface area contributed by atoms with Gasteiger partial charge in [-0.3, -0.25) is 4.98 Å². The van der Waals surface area contributed by atoms with E-state index in [4.69, 9.17) is 0 Å². The van der Waals surface area contributed by atoms with Crippen LogP contribution in [0, 0.1) is 12.7 Å². The summed E-state index contributed by atoms with van der Waals surface area (Å²) < 4.78 is 18.2. The Bertz CT molecular complexity index is 901. The molecular weight excluding hydrogens is 333 g/mol. The summed E-state index contributed by atoms with van der Waals surface area (Å²) in [4.78, 5) is 10.2. The van der Waals surface area contributed by atoms with E-state index in [0.29, 0.717) is 12.2 Å². The number of pyridine rings is 1. The minimum absolute atomic E-state index is 0.228. The zero-order valence-electron chi connectivity index (χ0n) is 15.0. The van der Waals surface area contributed by atoms with Crippen LogP contribution in [0.2, 0.25) is 0 Å². The van der Waals surface area contributed by atoms with Crippen LogP contribution in [0.15, 0.2) is 30.9 Å². The van der Waals surface area contributed by atoms with Gasteiger partial charge in [0.1, 0.15) is 11.6 Å². The SMILES string of the molecule is Cc1nccn1Cc1nnc(C2CCCN(c3ccncc3F)C2)n1C. The van der Waals surface area contributed by atoms with Crippen molar-refractivity contribution >= 4 is 5.69 Å². The van der Waals surface area contributed by atoms with Crippen molar-refractivity contribution in [1.82, 2.24) is 29.3 Å². The smallest absolute Gasteiger partial charge is 0.164 e. The van der Waals surface area contributed by atoms with Crippen LogP contribution < -0.4 is 4.90 Å². The van der Waals surface area contributed by atoms with E-state index < -0.39 is 0 Å². The molecule has 0 N–H and O–H groups in total. The van der Waals surface area contributed by atoms with Gasteiger partial charge in [-0.05, 0) is 25.8 Å². The Hall–Kier alpha value is -2.77. The largest absolute Gasteiger partial charge is 0.368 e. The highest BCUT2D eigenvalue weighted by Crippen LogP contribution is 2.30. The lowest BCUT2D eigenvalue weighted by atomic mass is 9.96.